The fraction of sp³-hybridized carbons (Fsp3) is 0.318. The van der Waals surface area contributed by atoms with E-state index >= 15 is 0 Å². The van der Waals surface area contributed by atoms with Gasteiger partial charge in [-0.1, -0.05) is 48.5 Å². The number of aromatic nitrogens is 1. The SMILES string of the molecule is CC(NC(=O)CCCCc1cn(C)c2ccccc12)c1ccccc1. The predicted molar refractivity (Wildman–Crippen MR) is 103 cm³/mol. The van der Waals surface area contributed by atoms with Crippen molar-refractivity contribution in [1.29, 1.82) is 0 Å². The van der Waals surface area contributed by atoms with E-state index in [0.29, 0.717) is 6.42 Å². The summed E-state index contributed by atoms with van der Waals surface area (Å²) in [4.78, 5) is 12.1. The summed E-state index contributed by atoms with van der Waals surface area (Å²) in [5.41, 5.74) is 3.79. The van der Waals surface area contributed by atoms with Crippen molar-refractivity contribution in [2.24, 2.45) is 7.05 Å². The van der Waals surface area contributed by atoms with Crippen LogP contribution in [0.1, 0.15) is 43.4 Å². The van der Waals surface area contributed by atoms with Crippen LogP contribution in [-0.2, 0) is 18.3 Å². The van der Waals surface area contributed by atoms with E-state index < -0.39 is 0 Å². The van der Waals surface area contributed by atoms with Crippen molar-refractivity contribution in [2.45, 2.75) is 38.6 Å². The highest BCUT2D eigenvalue weighted by molar-refractivity contribution is 5.83. The van der Waals surface area contributed by atoms with Gasteiger partial charge < -0.3 is 9.88 Å². The standard InChI is InChI=1S/C22H26N2O/c1-17(18-10-4-3-5-11-18)23-22(25)15-9-6-12-19-16-24(2)21-14-8-7-13-20(19)21/h3-5,7-8,10-11,13-14,16-17H,6,9,12,15H2,1-2H3,(H,23,25). The molecule has 0 saturated heterocycles. The maximum Gasteiger partial charge on any atom is 0.220 e. The van der Waals surface area contributed by atoms with E-state index in [0.717, 1.165) is 24.8 Å². The van der Waals surface area contributed by atoms with Gasteiger partial charge in [0.25, 0.3) is 0 Å². The van der Waals surface area contributed by atoms with Crippen LogP contribution in [0.15, 0.2) is 60.8 Å². The fourth-order valence-electron chi connectivity index (χ4n) is 3.36. The second-order valence-corrected chi connectivity index (χ2v) is 6.69. The summed E-state index contributed by atoms with van der Waals surface area (Å²) < 4.78 is 2.18. The maximum absolute atomic E-state index is 12.1. The molecule has 1 unspecified atom stereocenters. The summed E-state index contributed by atoms with van der Waals surface area (Å²) >= 11 is 0. The Morgan fingerprint density at radius 3 is 2.56 bits per heavy atom. The van der Waals surface area contributed by atoms with E-state index in [9.17, 15) is 4.79 Å². The van der Waals surface area contributed by atoms with E-state index in [4.69, 9.17) is 0 Å². The highest BCUT2D eigenvalue weighted by atomic mass is 16.1. The fourth-order valence-corrected chi connectivity index (χ4v) is 3.36. The van der Waals surface area contributed by atoms with Gasteiger partial charge in [0.2, 0.25) is 5.91 Å². The molecule has 1 aromatic heterocycles. The summed E-state index contributed by atoms with van der Waals surface area (Å²) in [7, 11) is 2.09. The van der Waals surface area contributed by atoms with Crippen LogP contribution in [0.5, 0.6) is 0 Å². The molecular weight excluding hydrogens is 308 g/mol. The van der Waals surface area contributed by atoms with E-state index in [-0.39, 0.29) is 11.9 Å². The largest absolute Gasteiger partial charge is 0.350 e. The Morgan fingerprint density at radius 2 is 1.76 bits per heavy atom. The summed E-state index contributed by atoms with van der Waals surface area (Å²) in [5, 5.41) is 4.41. The molecule has 3 aromatic rings. The minimum absolute atomic E-state index is 0.0618. The third-order valence-corrected chi connectivity index (χ3v) is 4.76. The molecule has 0 saturated carbocycles. The number of para-hydroxylation sites is 1. The minimum atomic E-state index is 0.0618. The molecule has 0 fully saturated rings. The highest BCUT2D eigenvalue weighted by Gasteiger charge is 2.09. The molecule has 1 amide bonds. The molecule has 3 heteroatoms. The third-order valence-electron chi connectivity index (χ3n) is 4.76. The van der Waals surface area contributed by atoms with Gasteiger partial charge in [0.1, 0.15) is 0 Å². The quantitative estimate of drug-likeness (QED) is 0.621. The molecule has 1 atom stereocenters. The molecule has 1 heterocycles. The molecule has 2 aromatic carbocycles. The van der Waals surface area contributed by atoms with Gasteiger partial charge in [-0.2, -0.15) is 0 Å². The molecule has 3 nitrogen and oxygen atoms in total. The summed E-state index contributed by atoms with van der Waals surface area (Å²) in [5.74, 6) is 0.134. The second-order valence-electron chi connectivity index (χ2n) is 6.69. The molecule has 0 bridgehead atoms. The van der Waals surface area contributed by atoms with Gasteiger partial charge in [-0.25, -0.2) is 0 Å². The average Bonchev–Trinajstić information content (AvgIpc) is 2.96. The number of hydrogen-bond donors (Lipinski definition) is 1. The third kappa shape index (κ3) is 4.30. The Balaban J connectivity index is 1.46. The normalized spacial score (nSPS) is 12.2. The van der Waals surface area contributed by atoms with Crippen LogP contribution in [-0.4, -0.2) is 10.5 Å². The maximum atomic E-state index is 12.1. The van der Waals surface area contributed by atoms with Crippen LogP contribution in [0.25, 0.3) is 10.9 Å². The molecule has 130 valence electrons. The number of hydrogen-bond acceptors (Lipinski definition) is 1. The van der Waals surface area contributed by atoms with Crippen molar-refractivity contribution in [2.75, 3.05) is 0 Å². The van der Waals surface area contributed by atoms with Crippen molar-refractivity contribution in [3.63, 3.8) is 0 Å². The van der Waals surface area contributed by atoms with E-state index in [2.05, 4.69) is 47.4 Å². The summed E-state index contributed by atoms with van der Waals surface area (Å²) in [6.07, 6.45) is 5.75. The second kappa shape index (κ2) is 8.02. The van der Waals surface area contributed by atoms with Crippen molar-refractivity contribution in [1.82, 2.24) is 9.88 Å². The molecule has 1 N–H and O–H groups in total. The van der Waals surface area contributed by atoms with Crippen LogP contribution in [0.4, 0.5) is 0 Å². The number of nitrogens with one attached hydrogen (secondary N) is 1. The van der Waals surface area contributed by atoms with Gasteiger partial charge in [0, 0.05) is 30.6 Å². The van der Waals surface area contributed by atoms with Gasteiger partial charge in [-0.05, 0) is 43.4 Å². The number of benzene rings is 2. The molecule has 25 heavy (non-hydrogen) atoms. The van der Waals surface area contributed by atoms with Crippen LogP contribution in [0.3, 0.4) is 0 Å². The molecule has 0 aliphatic rings. The number of nitrogens with zero attached hydrogens (tertiary/aromatic N) is 1. The monoisotopic (exact) mass is 334 g/mol. The van der Waals surface area contributed by atoms with Gasteiger partial charge in [-0.3, -0.25) is 4.79 Å². The average molecular weight is 334 g/mol. The first-order chi connectivity index (χ1) is 12.1. The Bertz CT molecular complexity index is 836. The lowest BCUT2D eigenvalue weighted by molar-refractivity contribution is -0.121. The molecule has 0 aliphatic carbocycles. The Hall–Kier alpha value is -2.55. The van der Waals surface area contributed by atoms with Crippen molar-refractivity contribution >= 4 is 16.8 Å². The molecular formula is C22H26N2O. The first kappa shape index (κ1) is 17.3. The topological polar surface area (TPSA) is 34.0 Å². The summed E-state index contributed by atoms with van der Waals surface area (Å²) in [6, 6.07) is 18.6. The van der Waals surface area contributed by atoms with E-state index in [1.54, 1.807) is 0 Å². The number of unbranched alkanes of at least 4 members (excludes halogenated alkanes) is 1. The van der Waals surface area contributed by atoms with Gasteiger partial charge in [0.05, 0.1) is 6.04 Å². The van der Waals surface area contributed by atoms with Crippen LogP contribution in [0.2, 0.25) is 0 Å². The van der Waals surface area contributed by atoms with Crippen LogP contribution >= 0.6 is 0 Å². The minimum Gasteiger partial charge on any atom is -0.350 e. The van der Waals surface area contributed by atoms with E-state index in [1.807, 2.05) is 37.3 Å². The van der Waals surface area contributed by atoms with Crippen molar-refractivity contribution in [3.05, 3.63) is 71.9 Å². The highest BCUT2D eigenvalue weighted by Crippen LogP contribution is 2.22. The Labute approximate surface area is 149 Å². The first-order valence-electron chi connectivity index (χ1n) is 9.02. The molecule has 3 rings (SSSR count). The zero-order chi connectivity index (χ0) is 17.6. The number of carbonyl (C=O) groups excluding carboxylic acids is 1. The lowest BCUT2D eigenvalue weighted by Gasteiger charge is -2.14. The number of carbonyl (C=O) groups is 1. The zero-order valence-electron chi connectivity index (χ0n) is 15.0. The number of amides is 1. The summed E-state index contributed by atoms with van der Waals surface area (Å²) in [6.45, 7) is 2.03. The van der Waals surface area contributed by atoms with Gasteiger partial charge in [0.15, 0.2) is 0 Å². The molecule has 0 radical (unpaired) electrons. The molecule has 0 spiro atoms. The van der Waals surface area contributed by atoms with Crippen molar-refractivity contribution in [3.8, 4) is 0 Å². The lowest BCUT2D eigenvalue weighted by Crippen LogP contribution is -2.26. The number of fused-ring (bicyclic) bond motifs is 1. The van der Waals surface area contributed by atoms with Gasteiger partial charge >= 0.3 is 0 Å². The Kier molecular flexibility index (Phi) is 5.54. The zero-order valence-corrected chi connectivity index (χ0v) is 15.0. The number of rotatable bonds is 7. The van der Waals surface area contributed by atoms with E-state index in [1.165, 1.54) is 16.5 Å². The van der Waals surface area contributed by atoms with Gasteiger partial charge in [-0.15, -0.1) is 0 Å². The van der Waals surface area contributed by atoms with Crippen LogP contribution in [0, 0.1) is 0 Å². The predicted octanol–water partition coefficient (Wildman–Crippen LogP) is 4.77. The van der Waals surface area contributed by atoms with Crippen molar-refractivity contribution < 1.29 is 4.79 Å². The first-order valence-corrected chi connectivity index (χ1v) is 9.02. The number of aryl methyl sites for hydroxylation is 2. The Morgan fingerprint density at radius 1 is 1.04 bits per heavy atom. The molecule has 0 aliphatic heterocycles. The van der Waals surface area contributed by atoms with Crippen LogP contribution < -0.4 is 5.32 Å². The lowest BCUT2D eigenvalue weighted by atomic mass is 10.1. The smallest absolute Gasteiger partial charge is 0.220 e.